The molecule has 2 unspecified atom stereocenters. The molecule has 0 spiro atoms. The summed E-state index contributed by atoms with van der Waals surface area (Å²) in [6.45, 7) is 8.23. The minimum Gasteiger partial charge on any atom is -0.450 e. The fourth-order valence-corrected chi connectivity index (χ4v) is 6.59. The molecule has 2 atom stereocenters. The van der Waals surface area contributed by atoms with E-state index < -0.39 is 36.3 Å². The number of tetrazole rings is 1. The summed E-state index contributed by atoms with van der Waals surface area (Å²) in [4.78, 5) is 18.9. The lowest BCUT2D eigenvalue weighted by molar-refractivity contribution is -0.166. The molecule has 3 heterocycles. The highest BCUT2D eigenvalue weighted by Gasteiger charge is 2.46. The number of anilines is 2. The molecule has 1 aliphatic carbocycles. The van der Waals surface area contributed by atoms with Crippen molar-refractivity contribution in [3.8, 4) is 0 Å². The predicted molar refractivity (Wildman–Crippen MR) is 155 cm³/mol. The molecule has 3 aliphatic rings. The number of ether oxygens (including phenoxy) is 1. The largest absolute Gasteiger partial charge is 0.450 e. The molecule has 0 N–H and O–H groups in total. The summed E-state index contributed by atoms with van der Waals surface area (Å²) in [5.41, 5.74) is 2.50. The van der Waals surface area contributed by atoms with E-state index in [0.29, 0.717) is 45.6 Å². The lowest BCUT2D eigenvalue weighted by Gasteiger charge is -2.42. The maximum absolute atomic E-state index is 13.8. The third kappa shape index (κ3) is 7.22. The quantitative estimate of drug-likeness (QED) is 0.340. The Labute approximate surface area is 257 Å². The second kappa shape index (κ2) is 12.5. The molecular formula is C30H37F6N7O2. The van der Waals surface area contributed by atoms with Gasteiger partial charge in [0.25, 0.3) is 5.95 Å². The van der Waals surface area contributed by atoms with Crippen LogP contribution < -0.4 is 9.80 Å². The van der Waals surface area contributed by atoms with Gasteiger partial charge in [-0.3, -0.25) is 0 Å². The number of aromatic nitrogens is 4. The molecular weight excluding hydrogens is 604 g/mol. The molecule has 9 nitrogen and oxygen atoms in total. The van der Waals surface area contributed by atoms with Gasteiger partial charge in [-0.15, -0.1) is 5.10 Å². The van der Waals surface area contributed by atoms with Crippen LogP contribution in [0.15, 0.2) is 35.4 Å². The average molecular weight is 642 g/mol. The summed E-state index contributed by atoms with van der Waals surface area (Å²) in [7, 11) is 1.55. The Hall–Kier alpha value is -3.78. The summed E-state index contributed by atoms with van der Waals surface area (Å²) in [5, 5.41) is 12.4. The highest BCUT2D eigenvalue weighted by molar-refractivity contribution is 5.69. The zero-order chi connectivity index (χ0) is 32.7. The first-order valence-electron chi connectivity index (χ1n) is 15.0. The van der Waals surface area contributed by atoms with Crippen molar-refractivity contribution in [2.24, 2.45) is 18.9 Å². The summed E-state index contributed by atoms with van der Waals surface area (Å²) in [6, 6.07) is 3.62. The first kappa shape index (κ1) is 32.6. The normalized spacial score (nSPS) is 21.0. The molecule has 1 aromatic heterocycles. The number of halogens is 6. The summed E-state index contributed by atoms with van der Waals surface area (Å²) < 4.78 is 87.8. The summed E-state index contributed by atoms with van der Waals surface area (Å²) in [5.74, 6) is -1.93. The van der Waals surface area contributed by atoms with Gasteiger partial charge in [0.2, 0.25) is 0 Å². The first-order chi connectivity index (χ1) is 21.1. The van der Waals surface area contributed by atoms with Gasteiger partial charge >= 0.3 is 18.4 Å². The van der Waals surface area contributed by atoms with Crippen LogP contribution in [0.25, 0.3) is 0 Å². The number of amides is 1. The van der Waals surface area contributed by atoms with Crippen LogP contribution in [0.2, 0.25) is 0 Å². The standard InChI is InChI=1S/C30H37F6N7O2/c1-5-45-28(44)42-15-21(16-42)14-41-8-6-7-25(24-10-18(2)9-19(3)26(24)41)43(27-37-39-40(4)38-27)17-20-11-22(29(31,32)33)13-23(12-20)30(34,35)36/h9-12,21-22,25H,5-8,13-17H2,1-4H3. The Bertz CT molecular complexity index is 1460. The van der Waals surface area contributed by atoms with Crippen LogP contribution >= 0.6 is 0 Å². The Kier molecular flexibility index (Phi) is 9.09. The second-order valence-corrected chi connectivity index (χ2v) is 12.1. The number of alkyl halides is 6. The van der Waals surface area contributed by atoms with Crippen LogP contribution in [-0.2, 0) is 11.8 Å². The number of rotatable bonds is 7. The number of aryl methyl sites for hydroxylation is 3. The maximum atomic E-state index is 13.8. The third-order valence-electron chi connectivity index (χ3n) is 8.50. The number of hydrogen-bond acceptors (Lipinski definition) is 7. The molecule has 5 rings (SSSR count). The number of benzene rings is 1. The number of carbonyl (C=O) groups is 1. The SMILES string of the molecule is CCOC(=O)N1CC(CN2CCCC(N(CC3=CC(C(F)(F)F)CC(C(F)(F)F)=C3)c3nnn(C)n3)c3cc(C)cc(C)c32)C1. The number of allylic oxidation sites excluding steroid dienone is 2. The van der Waals surface area contributed by atoms with Crippen LogP contribution in [0.4, 0.5) is 42.8 Å². The highest BCUT2D eigenvalue weighted by atomic mass is 19.4. The number of carbonyl (C=O) groups excluding carboxylic acids is 1. The molecule has 0 saturated carbocycles. The average Bonchev–Trinajstić information content (AvgIpc) is 3.26. The van der Waals surface area contributed by atoms with Gasteiger partial charge in [0.05, 0.1) is 25.6 Å². The van der Waals surface area contributed by atoms with E-state index in [1.165, 1.54) is 4.80 Å². The minimum absolute atomic E-state index is 0.107. The summed E-state index contributed by atoms with van der Waals surface area (Å²) in [6.07, 6.45) is -8.27. The monoisotopic (exact) mass is 641 g/mol. The van der Waals surface area contributed by atoms with Gasteiger partial charge < -0.3 is 19.4 Å². The molecule has 1 saturated heterocycles. The molecule has 246 valence electrons. The molecule has 0 bridgehead atoms. The highest BCUT2D eigenvalue weighted by Crippen LogP contribution is 2.44. The fraction of sp³-hybridized carbons (Fsp3) is 0.600. The van der Waals surface area contributed by atoms with E-state index in [4.69, 9.17) is 4.74 Å². The third-order valence-corrected chi connectivity index (χ3v) is 8.50. The Morgan fingerprint density at radius 3 is 2.49 bits per heavy atom. The molecule has 1 fully saturated rings. The molecule has 2 aromatic rings. The van der Waals surface area contributed by atoms with E-state index in [-0.39, 0.29) is 30.1 Å². The minimum atomic E-state index is -4.90. The van der Waals surface area contributed by atoms with Crippen LogP contribution in [0.1, 0.15) is 48.9 Å². The van der Waals surface area contributed by atoms with Gasteiger partial charge in [-0.2, -0.15) is 31.1 Å². The molecule has 1 amide bonds. The van der Waals surface area contributed by atoms with E-state index in [9.17, 15) is 31.1 Å². The lowest BCUT2D eigenvalue weighted by Crippen LogP contribution is -2.54. The van der Waals surface area contributed by atoms with Crippen molar-refractivity contribution in [2.45, 2.75) is 58.4 Å². The van der Waals surface area contributed by atoms with Crippen molar-refractivity contribution in [3.05, 3.63) is 52.1 Å². The van der Waals surface area contributed by atoms with Crippen LogP contribution in [-0.4, -0.2) is 82.9 Å². The van der Waals surface area contributed by atoms with Crippen LogP contribution in [0.5, 0.6) is 0 Å². The van der Waals surface area contributed by atoms with Crippen molar-refractivity contribution in [2.75, 3.05) is 49.1 Å². The van der Waals surface area contributed by atoms with Crippen molar-refractivity contribution in [1.29, 1.82) is 0 Å². The molecule has 0 radical (unpaired) electrons. The van der Waals surface area contributed by atoms with E-state index >= 15 is 0 Å². The van der Waals surface area contributed by atoms with Crippen molar-refractivity contribution >= 4 is 17.7 Å². The Morgan fingerprint density at radius 1 is 1.13 bits per heavy atom. The van der Waals surface area contributed by atoms with Crippen LogP contribution in [0, 0.1) is 25.7 Å². The molecule has 2 aliphatic heterocycles. The maximum Gasteiger partial charge on any atom is 0.412 e. The topological polar surface area (TPSA) is 79.6 Å². The van der Waals surface area contributed by atoms with Crippen LogP contribution in [0.3, 0.4) is 0 Å². The zero-order valence-corrected chi connectivity index (χ0v) is 25.6. The molecule has 15 heteroatoms. The van der Waals surface area contributed by atoms with Gasteiger partial charge in [-0.05, 0) is 68.0 Å². The van der Waals surface area contributed by atoms with Gasteiger partial charge in [-0.1, -0.05) is 28.9 Å². The van der Waals surface area contributed by atoms with Gasteiger partial charge in [0.15, 0.2) is 0 Å². The van der Waals surface area contributed by atoms with Gasteiger partial charge in [0.1, 0.15) is 0 Å². The lowest BCUT2D eigenvalue weighted by atomic mass is 9.88. The van der Waals surface area contributed by atoms with Gasteiger partial charge in [-0.25, -0.2) is 4.79 Å². The van der Waals surface area contributed by atoms with E-state index in [1.807, 2.05) is 19.9 Å². The predicted octanol–water partition coefficient (Wildman–Crippen LogP) is 6.06. The van der Waals surface area contributed by atoms with E-state index in [2.05, 4.69) is 26.4 Å². The number of fused-ring (bicyclic) bond motifs is 1. The molecule has 1 aromatic carbocycles. The van der Waals surface area contributed by atoms with Crippen molar-refractivity contribution in [1.82, 2.24) is 25.1 Å². The number of hydrogen-bond donors (Lipinski definition) is 0. The summed E-state index contributed by atoms with van der Waals surface area (Å²) >= 11 is 0. The van der Waals surface area contributed by atoms with E-state index in [1.54, 1.807) is 23.8 Å². The number of likely N-dealkylation sites (tertiary alicyclic amines) is 1. The Balaban J connectivity index is 1.51. The van der Waals surface area contributed by atoms with E-state index in [0.717, 1.165) is 34.5 Å². The van der Waals surface area contributed by atoms with Gasteiger partial charge in [0, 0.05) is 49.9 Å². The Morgan fingerprint density at radius 2 is 1.87 bits per heavy atom. The zero-order valence-electron chi connectivity index (χ0n) is 25.6. The first-order valence-corrected chi connectivity index (χ1v) is 15.0. The smallest absolute Gasteiger partial charge is 0.412 e. The molecule has 45 heavy (non-hydrogen) atoms. The fourth-order valence-electron chi connectivity index (χ4n) is 6.59. The van der Waals surface area contributed by atoms with Crippen molar-refractivity contribution in [3.63, 3.8) is 0 Å². The van der Waals surface area contributed by atoms with Crippen molar-refractivity contribution < 1.29 is 35.9 Å². The second-order valence-electron chi connectivity index (χ2n) is 12.1. The number of nitrogens with zero attached hydrogens (tertiary/aromatic N) is 7.